The van der Waals surface area contributed by atoms with Gasteiger partial charge < -0.3 is 10.6 Å². The van der Waals surface area contributed by atoms with Gasteiger partial charge in [-0.15, -0.1) is 0 Å². The van der Waals surface area contributed by atoms with Crippen LogP contribution >= 0.6 is 0 Å². The lowest BCUT2D eigenvalue weighted by atomic mass is 10.2. The van der Waals surface area contributed by atoms with Crippen molar-refractivity contribution in [3.63, 3.8) is 0 Å². The molecule has 1 heterocycles. The molecule has 0 saturated carbocycles. The SMILES string of the molecule is CN(C)S(=O)(=O)c1ccc(N2CCS(=O)(=O)CC2)c(N)c1. The van der Waals surface area contributed by atoms with Crippen molar-refractivity contribution in [1.29, 1.82) is 0 Å². The molecule has 1 fully saturated rings. The molecule has 0 unspecified atom stereocenters. The standard InChI is InChI=1S/C12H19N3O4S2/c1-14(2)21(18,19)10-3-4-12(11(13)9-10)15-5-7-20(16,17)8-6-15/h3-4,9H,5-8,13H2,1-2H3. The zero-order valence-corrected chi connectivity index (χ0v) is 13.6. The van der Waals surface area contributed by atoms with Gasteiger partial charge in [0.05, 0.1) is 27.8 Å². The van der Waals surface area contributed by atoms with Crippen molar-refractivity contribution in [2.75, 3.05) is 49.3 Å². The Labute approximate surface area is 125 Å². The van der Waals surface area contributed by atoms with E-state index >= 15 is 0 Å². The van der Waals surface area contributed by atoms with Gasteiger partial charge in [0.1, 0.15) is 0 Å². The van der Waals surface area contributed by atoms with Crippen LogP contribution in [-0.4, -0.2) is 59.8 Å². The lowest BCUT2D eigenvalue weighted by molar-refractivity contribution is 0.521. The van der Waals surface area contributed by atoms with E-state index in [1.54, 1.807) is 6.07 Å². The fourth-order valence-electron chi connectivity index (χ4n) is 2.15. The van der Waals surface area contributed by atoms with Gasteiger partial charge in [-0.25, -0.2) is 21.1 Å². The van der Waals surface area contributed by atoms with E-state index in [9.17, 15) is 16.8 Å². The topological polar surface area (TPSA) is 101 Å². The molecule has 0 amide bonds. The van der Waals surface area contributed by atoms with Crippen LogP contribution in [0.2, 0.25) is 0 Å². The first-order chi connectivity index (χ1) is 9.63. The number of anilines is 2. The molecule has 0 spiro atoms. The van der Waals surface area contributed by atoms with Crippen LogP contribution < -0.4 is 10.6 Å². The van der Waals surface area contributed by atoms with E-state index < -0.39 is 19.9 Å². The Hall–Kier alpha value is -1.32. The van der Waals surface area contributed by atoms with Gasteiger partial charge in [0, 0.05) is 27.2 Å². The quantitative estimate of drug-likeness (QED) is 0.766. The second kappa shape index (κ2) is 5.47. The lowest BCUT2D eigenvalue weighted by Crippen LogP contribution is -2.40. The first-order valence-electron chi connectivity index (χ1n) is 6.41. The highest BCUT2D eigenvalue weighted by molar-refractivity contribution is 7.91. The summed E-state index contributed by atoms with van der Waals surface area (Å²) in [4.78, 5) is 1.99. The monoisotopic (exact) mass is 333 g/mol. The van der Waals surface area contributed by atoms with E-state index in [1.165, 1.54) is 26.2 Å². The minimum atomic E-state index is -3.53. The molecule has 0 radical (unpaired) electrons. The van der Waals surface area contributed by atoms with Crippen LogP contribution in [0.3, 0.4) is 0 Å². The second-order valence-electron chi connectivity index (χ2n) is 5.15. The third kappa shape index (κ3) is 3.30. The molecule has 1 saturated heterocycles. The van der Waals surface area contributed by atoms with Crippen molar-refractivity contribution in [3.8, 4) is 0 Å². The fourth-order valence-corrected chi connectivity index (χ4v) is 4.28. The highest BCUT2D eigenvalue weighted by Crippen LogP contribution is 2.28. The molecule has 2 rings (SSSR count). The summed E-state index contributed by atoms with van der Waals surface area (Å²) in [5.74, 6) is 0.175. The van der Waals surface area contributed by atoms with E-state index in [4.69, 9.17) is 5.73 Å². The average Bonchev–Trinajstić information content (AvgIpc) is 2.39. The molecule has 0 aliphatic carbocycles. The summed E-state index contributed by atoms with van der Waals surface area (Å²) < 4.78 is 48.0. The van der Waals surface area contributed by atoms with Gasteiger partial charge in [0.2, 0.25) is 10.0 Å². The van der Waals surface area contributed by atoms with Crippen molar-refractivity contribution in [1.82, 2.24) is 4.31 Å². The average molecular weight is 333 g/mol. The Balaban J connectivity index is 2.29. The molecule has 1 aromatic rings. The number of nitrogens with two attached hydrogens (primary N) is 1. The summed E-state index contributed by atoms with van der Waals surface area (Å²) in [5.41, 5.74) is 6.94. The van der Waals surface area contributed by atoms with Crippen LogP contribution in [0.25, 0.3) is 0 Å². The summed E-state index contributed by atoms with van der Waals surface area (Å²) in [7, 11) is -3.58. The molecule has 0 aromatic heterocycles. The predicted octanol–water partition coefficient (Wildman–Crippen LogP) is -0.246. The van der Waals surface area contributed by atoms with Gasteiger partial charge in [-0.3, -0.25) is 0 Å². The normalized spacial score (nSPS) is 18.9. The van der Waals surface area contributed by atoms with Crippen molar-refractivity contribution in [3.05, 3.63) is 18.2 Å². The minimum Gasteiger partial charge on any atom is -0.397 e. The van der Waals surface area contributed by atoms with Crippen LogP contribution in [0.5, 0.6) is 0 Å². The Morgan fingerprint density at radius 1 is 1.19 bits per heavy atom. The first-order valence-corrected chi connectivity index (χ1v) is 9.67. The maximum absolute atomic E-state index is 12.0. The first kappa shape index (κ1) is 16.1. The van der Waals surface area contributed by atoms with Crippen LogP contribution in [0.15, 0.2) is 23.1 Å². The van der Waals surface area contributed by atoms with Crippen molar-refractivity contribution < 1.29 is 16.8 Å². The number of hydrogen-bond acceptors (Lipinski definition) is 6. The molecule has 2 N–H and O–H groups in total. The maximum atomic E-state index is 12.0. The fraction of sp³-hybridized carbons (Fsp3) is 0.500. The van der Waals surface area contributed by atoms with E-state index in [1.807, 2.05) is 4.90 Å². The highest BCUT2D eigenvalue weighted by atomic mass is 32.2. The third-order valence-corrected chi connectivity index (χ3v) is 6.88. The zero-order chi connectivity index (χ0) is 15.8. The van der Waals surface area contributed by atoms with Gasteiger partial charge in [0.15, 0.2) is 9.84 Å². The number of sulfonamides is 1. The number of benzene rings is 1. The molecule has 1 aromatic carbocycles. The van der Waals surface area contributed by atoms with Crippen molar-refractivity contribution in [2.24, 2.45) is 0 Å². The number of nitrogens with zero attached hydrogens (tertiary/aromatic N) is 2. The van der Waals surface area contributed by atoms with Crippen LogP contribution in [-0.2, 0) is 19.9 Å². The Morgan fingerprint density at radius 2 is 1.76 bits per heavy atom. The lowest BCUT2D eigenvalue weighted by Gasteiger charge is -2.30. The van der Waals surface area contributed by atoms with Gasteiger partial charge in [-0.05, 0) is 18.2 Å². The minimum absolute atomic E-state index is 0.0875. The number of rotatable bonds is 3. The summed E-state index contributed by atoms with van der Waals surface area (Å²) >= 11 is 0. The van der Waals surface area contributed by atoms with Gasteiger partial charge in [-0.1, -0.05) is 0 Å². The number of sulfone groups is 1. The maximum Gasteiger partial charge on any atom is 0.242 e. The molecule has 1 aliphatic heterocycles. The molecule has 0 bridgehead atoms. The zero-order valence-electron chi connectivity index (χ0n) is 12.0. The molecule has 21 heavy (non-hydrogen) atoms. The molecule has 1 aliphatic rings. The van der Waals surface area contributed by atoms with E-state index in [2.05, 4.69) is 0 Å². The molecule has 9 heteroatoms. The summed E-state index contributed by atoms with van der Waals surface area (Å²) in [6.07, 6.45) is 0. The van der Waals surface area contributed by atoms with Crippen LogP contribution in [0, 0.1) is 0 Å². The van der Waals surface area contributed by atoms with Crippen molar-refractivity contribution in [2.45, 2.75) is 4.90 Å². The molecule has 0 atom stereocenters. The summed E-state index contributed by atoms with van der Waals surface area (Å²) in [6, 6.07) is 4.53. The van der Waals surface area contributed by atoms with E-state index in [-0.39, 0.29) is 16.4 Å². The summed E-state index contributed by atoms with van der Waals surface area (Å²) in [5, 5.41) is 0. The number of hydrogen-bond donors (Lipinski definition) is 1. The number of nitrogen functional groups attached to an aromatic ring is 1. The molecular weight excluding hydrogens is 314 g/mol. The van der Waals surface area contributed by atoms with Gasteiger partial charge in [0.25, 0.3) is 0 Å². The Morgan fingerprint density at radius 3 is 2.24 bits per heavy atom. The highest BCUT2D eigenvalue weighted by Gasteiger charge is 2.24. The smallest absolute Gasteiger partial charge is 0.242 e. The van der Waals surface area contributed by atoms with E-state index in [0.29, 0.717) is 24.5 Å². The Kier molecular flexibility index (Phi) is 4.18. The predicted molar refractivity (Wildman–Crippen MR) is 82.6 cm³/mol. The van der Waals surface area contributed by atoms with E-state index in [0.717, 1.165) is 4.31 Å². The molecular formula is C12H19N3O4S2. The van der Waals surface area contributed by atoms with Gasteiger partial charge >= 0.3 is 0 Å². The largest absolute Gasteiger partial charge is 0.397 e. The molecule has 7 nitrogen and oxygen atoms in total. The Bertz CT molecular complexity index is 728. The third-order valence-electron chi connectivity index (χ3n) is 3.46. The summed E-state index contributed by atoms with van der Waals surface area (Å²) in [6.45, 7) is 0.735. The molecule has 118 valence electrons. The van der Waals surface area contributed by atoms with Gasteiger partial charge in [-0.2, -0.15) is 0 Å². The second-order valence-corrected chi connectivity index (χ2v) is 9.60. The van der Waals surface area contributed by atoms with Crippen molar-refractivity contribution >= 4 is 31.2 Å². The van der Waals surface area contributed by atoms with Crippen LogP contribution in [0.4, 0.5) is 11.4 Å². The van der Waals surface area contributed by atoms with Crippen LogP contribution in [0.1, 0.15) is 0 Å².